The number of rotatable bonds is 6. The quantitative estimate of drug-likeness (QED) is 0.409. The number of ether oxygens (including phenoxy) is 1. The van der Waals surface area contributed by atoms with Crippen molar-refractivity contribution in [1.29, 1.82) is 0 Å². The topological polar surface area (TPSA) is 69.9 Å². The lowest BCUT2D eigenvalue weighted by molar-refractivity contribution is -0.137. The number of hydrogen-bond acceptors (Lipinski definition) is 5. The molecule has 1 saturated carbocycles. The molecule has 0 unspecified atom stereocenters. The zero-order valence-corrected chi connectivity index (χ0v) is 17.4. The maximum Gasteiger partial charge on any atom is 0.330 e. The molecule has 3 aromatic rings. The first-order valence-corrected chi connectivity index (χ1v) is 10.3. The number of pyridine rings is 2. The summed E-state index contributed by atoms with van der Waals surface area (Å²) in [7, 11) is 0. The molecule has 0 atom stereocenters. The third kappa shape index (κ3) is 3.58. The van der Waals surface area contributed by atoms with Gasteiger partial charge in [-0.2, -0.15) is 5.10 Å². The first-order chi connectivity index (χ1) is 13.6. The second-order valence-electron chi connectivity index (χ2n) is 6.73. The van der Waals surface area contributed by atoms with Crippen LogP contribution < -0.4 is 0 Å². The summed E-state index contributed by atoms with van der Waals surface area (Å²) >= 11 is 3.52. The third-order valence-corrected chi connectivity index (χ3v) is 5.22. The molecule has 1 aliphatic carbocycles. The van der Waals surface area contributed by atoms with Crippen molar-refractivity contribution in [2.75, 3.05) is 6.61 Å². The van der Waals surface area contributed by atoms with E-state index < -0.39 is 0 Å². The molecule has 3 aromatic heterocycles. The van der Waals surface area contributed by atoms with E-state index in [1.165, 1.54) is 6.08 Å². The van der Waals surface area contributed by atoms with E-state index in [1.807, 2.05) is 29.2 Å². The molecule has 0 saturated heterocycles. The first kappa shape index (κ1) is 18.8. The summed E-state index contributed by atoms with van der Waals surface area (Å²) in [5.74, 6) is 0.0530. The Morgan fingerprint density at radius 3 is 2.82 bits per heavy atom. The van der Waals surface area contributed by atoms with Crippen LogP contribution >= 0.6 is 15.9 Å². The van der Waals surface area contributed by atoms with Crippen LogP contribution in [0.5, 0.6) is 0 Å². The molecule has 0 aliphatic heterocycles. The van der Waals surface area contributed by atoms with E-state index in [1.54, 1.807) is 13.1 Å². The Morgan fingerprint density at radius 2 is 2.14 bits per heavy atom. The van der Waals surface area contributed by atoms with Crippen molar-refractivity contribution in [2.45, 2.75) is 39.2 Å². The third-order valence-electron chi connectivity index (χ3n) is 4.78. The van der Waals surface area contributed by atoms with Crippen LogP contribution in [0, 0.1) is 0 Å². The number of nitrogens with zero attached hydrogens (tertiary/aromatic N) is 4. The molecule has 6 nitrogen and oxygen atoms in total. The largest absolute Gasteiger partial charge is 0.463 e. The fraction of sp³-hybridized carbons (Fsp3) is 0.333. The van der Waals surface area contributed by atoms with Crippen LogP contribution in [0.4, 0.5) is 0 Å². The van der Waals surface area contributed by atoms with E-state index in [9.17, 15) is 4.79 Å². The average Bonchev–Trinajstić information content (AvgIpc) is 3.45. The smallest absolute Gasteiger partial charge is 0.330 e. The lowest BCUT2D eigenvalue weighted by Gasteiger charge is -2.14. The van der Waals surface area contributed by atoms with Gasteiger partial charge in [-0.25, -0.2) is 14.5 Å². The fourth-order valence-corrected chi connectivity index (χ4v) is 3.75. The molecule has 1 aliphatic rings. The average molecular weight is 441 g/mol. The van der Waals surface area contributed by atoms with Gasteiger partial charge in [-0.1, -0.05) is 0 Å². The Morgan fingerprint density at radius 1 is 1.32 bits per heavy atom. The van der Waals surface area contributed by atoms with Gasteiger partial charge in [0.05, 0.1) is 18.5 Å². The lowest BCUT2D eigenvalue weighted by Crippen LogP contribution is -2.03. The number of carbonyl (C=O) groups is 1. The van der Waals surface area contributed by atoms with Crippen LogP contribution in [0.3, 0.4) is 0 Å². The van der Waals surface area contributed by atoms with Crippen molar-refractivity contribution in [3.05, 3.63) is 46.5 Å². The number of fused-ring (bicyclic) bond motifs is 1. The van der Waals surface area contributed by atoms with Crippen molar-refractivity contribution < 1.29 is 9.53 Å². The van der Waals surface area contributed by atoms with Crippen LogP contribution in [-0.2, 0) is 16.1 Å². The minimum atomic E-state index is -0.355. The molecular weight excluding hydrogens is 420 g/mol. The monoisotopic (exact) mass is 440 g/mol. The highest BCUT2D eigenvalue weighted by atomic mass is 79.9. The standard InChI is InChI=1S/C21H21BrN4O2/c1-3-26-21-17(12-24-26)19(14-9-15(22)11-23-10-14)16(7-8-18(27)28-4-2)20(25-21)13-5-6-13/h7-13H,3-6H2,1-2H3/b8-7+. The normalized spacial score (nSPS) is 14.1. The van der Waals surface area contributed by atoms with Crippen LogP contribution in [0.15, 0.2) is 35.2 Å². The highest BCUT2D eigenvalue weighted by Crippen LogP contribution is 2.45. The molecule has 3 heterocycles. The van der Waals surface area contributed by atoms with Gasteiger partial charge in [0.25, 0.3) is 0 Å². The number of aromatic nitrogens is 4. The molecule has 0 amide bonds. The predicted molar refractivity (Wildman–Crippen MR) is 112 cm³/mol. The van der Waals surface area contributed by atoms with E-state index >= 15 is 0 Å². The minimum Gasteiger partial charge on any atom is -0.463 e. The SMILES string of the molecule is CCOC(=O)/C=C/c1c(C2CC2)nc2c(cnn2CC)c1-c1cncc(Br)c1. The highest BCUT2D eigenvalue weighted by molar-refractivity contribution is 9.10. The maximum absolute atomic E-state index is 12.0. The summed E-state index contributed by atoms with van der Waals surface area (Å²) < 4.78 is 7.88. The van der Waals surface area contributed by atoms with Gasteiger partial charge in [0.2, 0.25) is 0 Å². The van der Waals surface area contributed by atoms with Gasteiger partial charge in [0, 0.05) is 57.5 Å². The molecule has 0 spiro atoms. The Hall–Kier alpha value is -2.54. The number of halogens is 1. The van der Waals surface area contributed by atoms with Crippen LogP contribution in [0.1, 0.15) is 43.9 Å². The van der Waals surface area contributed by atoms with Crippen molar-refractivity contribution in [3.63, 3.8) is 0 Å². The van der Waals surface area contributed by atoms with Gasteiger partial charge in [0.15, 0.2) is 5.65 Å². The van der Waals surface area contributed by atoms with Crippen molar-refractivity contribution >= 4 is 39.0 Å². The van der Waals surface area contributed by atoms with E-state index in [-0.39, 0.29) is 5.97 Å². The van der Waals surface area contributed by atoms with Gasteiger partial charge in [0.1, 0.15) is 0 Å². The van der Waals surface area contributed by atoms with Gasteiger partial charge in [-0.3, -0.25) is 4.98 Å². The fourth-order valence-electron chi connectivity index (χ4n) is 3.39. The molecule has 144 valence electrons. The lowest BCUT2D eigenvalue weighted by atomic mass is 9.95. The minimum absolute atomic E-state index is 0.349. The molecule has 4 rings (SSSR count). The maximum atomic E-state index is 12.0. The van der Waals surface area contributed by atoms with Crippen molar-refractivity contribution in [1.82, 2.24) is 19.7 Å². The number of hydrogen-bond donors (Lipinski definition) is 0. The Kier molecular flexibility index (Phi) is 5.26. The van der Waals surface area contributed by atoms with E-state index in [0.29, 0.717) is 12.5 Å². The molecule has 0 N–H and O–H groups in total. The summed E-state index contributed by atoms with van der Waals surface area (Å²) in [6.07, 6.45) is 11.0. The van der Waals surface area contributed by atoms with Crippen molar-refractivity contribution in [2.24, 2.45) is 0 Å². The first-order valence-electron chi connectivity index (χ1n) is 9.47. The molecular formula is C21H21BrN4O2. The Labute approximate surface area is 171 Å². The van der Waals surface area contributed by atoms with Gasteiger partial charge in [-0.15, -0.1) is 0 Å². The van der Waals surface area contributed by atoms with Gasteiger partial charge >= 0.3 is 5.97 Å². The Bertz CT molecular complexity index is 1070. The summed E-state index contributed by atoms with van der Waals surface area (Å²) in [5, 5.41) is 5.47. The molecule has 7 heteroatoms. The molecule has 28 heavy (non-hydrogen) atoms. The summed E-state index contributed by atoms with van der Waals surface area (Å²) in [5.41, 5.74) is 4.79. The number of esters is 1. The summed E-state index contributed by atoms with van der Waals surface area (Å²) in [4.78, 5) is 21.3. The van der Waals surface area contributed by atoms with Crippen LogP contribution in [0.2, 0.25) is 0 Å². The van der Waals surface area contributed by atoms with Gasteiger partial charge < -0.3 is 4.74 Å². The van der Waals surface area contributed by atoms with Crippen LogP contribution in [-0.4, -0.2) is 32.3 Å². The molecule has 0 bridgehead atoms. The van der Waals surface area contributed by atoms with Crippen molar-refractivity contribution in [3.8, 4) is 11.1 Å². The second-order valence-corrected chi connectivity index (χ2v) is 7.65. The second kappa shape index (κ2) is 7.83. The number of carbonyl (C=O) groups excluding carboxylic acids is 1. The van der Waals surface area contributed by atoms with E-state index in [0.717, 1.165) is 57.3 Å². The summed E-state index contributed by atoms with van der Waals surface area (Å²) in [6, 6.07) is 2.03. The number of aryl methyl sites for hydroxylation is 1. The predicted octanol–water partition coefficient (Wildman–Crippen LogP) is 4.73. The zero-order chi connectivity index (χ0) is 19.7. The van der Waals surface area contributed by atoms with Crippen LogP contribution in [0.25, 0.3) is 28.2 Å². The molecule has 0 radical (unpaired) electrons. The Balaban J connectivity index is 2.00. The van der Waals surface area contributed by atoms with Gasteiger partial charge in [-0.05, 0) is 54.8 Å². The van der Waals surface area contributed by atoms with E-state index in [2.05, 4.69) is 32.9 Å². The van der Waals surface area contributed by atoms with E-state index in [4.69, 9.17) is 9.72 Å². The molecule has 1 fully saturated rings. The highest BCUT2D eigenvalue weighted by Gasteiger charge is 2.30. The zero-order valence-electron chi connectivity index (χ0n) is 15.9. The molecule has 0 aromatic carbocycles. The summed E-state index contributed by atoms with van der Waals surface area (Å²) in [6.45, 7) is 4.95.